The van der Waals surface area contributed by atoms with Gasteiger partial charge in [-0.1, -0.05) is 13.8 Å². The van der Waals surface area contributed by atoms with Gasteiger partial charge in [0.1, 0.15) is 0 Å². The second-order valence-corrected chi connectivity index (χ2v) is 2.97. The summed E-state index contributed by atoms with van der Waals surface area (Å²) in [4.78, 5) is 0. The summed E-state index contributed by atoms with van der Waals surface area (Å²) in [6, 6.07) is 0.238. The van der Waals surface area contributed by atoms with Crippen molar-refractivity contribution in [2.45, 2.75) is 40.0 Å². The molecule has 1 unspecified atom stereocenters. The summed E-state index contributed by atoms with van der Waals surface area (Å²) in [5.41, 5.74) is 0. The average Bonchev–Trinajstić information content (AvgIpc) is 1.63. The van der Waals surface area contributed by atoms with Gasteiger partial charge in [0, 0.05) is 6.04 Å². The number of rotatable bonds is 3. The molecule has 1 nitrogen and oxygen atoms in total. The summed E-state index contributed by atoms with van der Waals surface area (Å²) in [6.07, 6.45) is -0.856. The third-order valence-electron chi connectivity index (χ3n) is 1.08. The van der Waals surface area contributed by atoms with Gasteiger partial charge < -0.3 is 0 Å². The maximum atomic E-state index is 12.7. The molecule has 0 amide bonds. The number of nitrogens with one attached hydrogen (secondary N) is 1. The molecule has 56 valence electrons. The van der Waals surface area contributed by atoms with Crippen LogP contribution in [0.3, 0.4) is 0 Å². The van der Waals surface area contributed by atoms with E-state index < -0.39 is 6.30 Å². The molecule has 1 N–H and O–H groups in total. The molecule has 0 fully saturated rings. The zero-order valence-electron chi connectivity index (χ0n) is 6.61. The molecule has 0 saturated heterocycles. The first-order valence-corrected chi connectivity index (χ1v) is 3.44. The molecule has 1 atom stereocenters. The Morgan fingerprint density at radius 1 is 1.11 bits per heavy atom. The second kappa shape index (κ2) is 3.83. The Balaban J connectivity index is 3.38. The van der Waals surface area contributed by atoms with Crippen molar-refractivity contribution in [3.63, 3.8) is 0 Å². The Labute approximate surface area is 56.6 Å². The fourth-order valence-corrected chi connectivity index (χ4v) is 0.511. The summed E-state index contributed by atoms with van der Waals surface area (Å²) in [5.74, 6) is 0.0763. The van der Waals surface area contributed by atoms with E-state index in [0.717, 1.165) is 0 Å². The minimum absolute atomic E-state index is 0.0763. The topological polar surface area (TPSA) is 12.0 Å². The van der Waals surface area contributed by atoms with E-state index >= 15 is 0 Å². The highest BCUT2D eigenvalue weighted by molar-refractivity contribution is 4.60. The molecular formula is C7H16FN. The van der Waals surface area contributed by atoms with Gasteiger partial charge in [-0.3, -0.25) is 5.32 Å². The van der Waals surface area contributed by atoms with Gasteiger partial charge in [-0.15, -0.1) is 0 Å². The number of halogens is 1. The molecule has 0 spiro atoms. The molecule has 2 heteroatoms. The van der Waals surface area contributed by atoms with E-state index in [1.807, 2.05) is 27.7 Å². The molecule has 0 aliphatic heterocycles. The van der Waals surface area contributed by atoms with Crippen LogP contribution < -0.4 is 5.32 Å². The first-order chi connectivity index (χ1) is 4.04. The van der Waals surface area contributed by atoms with Crippen LogP contribution in [-0.4, -0.2) is 12.3 Å². The van der Waals surface area contributed by atoms with Crippen LogP contribution >= 0.6 is 0 Å². The molecular weight excluding hydrogens is 117 g/mol. The molecule has 0 aromatic heterocycles. The van der Waals surface area contributed by atoms with Crippen LogP contribution in [0.1, 0.15) is 27.7 Å². The van der Waals surface area contributed by atoms with Crippen molar-refractivity contribution in [2.75, 3.05) is 0 Å². The Morgan fingerprint density at radius 3 is 1.67 bits per heavy atom. The van der Waals surface area contributed by atoms with Gasteiger partial charge in [0.2, 0.25) is 0 Å². The van der Waals surface area contributed by atoms with E-state index in [4.69, 9.17) is 0 Å². The van der Waals surface area contributed by atoms with Crippen LogP contribution in [0.5, 0.6) is 0 Å². The van der Waals surface area contributed by atoms with Crippen molar-refractivity contribution in [1.82, 2.24) is 5.32 Å². The van der Waals surface area contributed by atoms with Crippen molar-refractivity contribution in [3.05, 3.63) is 0 Å². The van der Waals surface area contributed by atoms with Gasteiger partial charge in [-0.25, -0.2) is 4.39 Å². The molecule has 0 heterocycles. The van der Waals surface area contributed by atoms with Crippen molar-refractivity contribution in [1.29, 1.82) is 0 Å². The lowest BCUT2D eigenvalue weighted by Gasteiger charge is -2.16. The van der Waals surface area contributed by atoms with Gasteiger partial charge in [-0.05, 0) is 19.8 Å². The standard InChI is InChI=1S/C7H16FN/c1-5(2)7(8)9-6(3)4/h5-7,9H,1-4H3. The SMILES string of the molecule is CC(C)NC(F)C(C)C. The average molecular weight is 133 g/mol. The van der Waals surface area contributed by atoms with Gasteiger partial charge in [-0.2, -0.15) is 0 Å². The molecule has 0 radical (unpaired) electrons. The Kier molecular flexibility index (Phi) is 3.78. The molecule has 0 bridgehead atoms. The molecule has 0 saturated carbocycles. The molecule has 9 heavy (non-hydrogen) atoms. The predicted molar refractivity (Wildman–Crippen MR) is 38.0 cm³/mol. The minimum atomic E-state index is -0.856. The van der Waals surface area contributed by atoms with Crippen LogP contribution in [0.15, 0.2) is 0 Å². The van der Waals surface area contributed by atoms with Crippen molar-refractivity contribution < 1.29 is 4.39 Å². The highest BCUT2D eigenvalue weighted by atomic mass is 19.1. The summed E-state index contributed by atoms with van der Waals surface area (Å²) >= 11 is 0. The predicted octanol–water partition coefficient (Wildman–Crippen LogP) is 1.94. The van der Waals surface area contributed by atoms with Gasteiger partial charge in [0.05, 0.1) is 0 Å². The Bertz CT molecular complexity index is 71.3. The zero-order chi connectivity index (χ0) is 7.44. The molecule has 0 aliphatic rings. The lowest BCUT2D eigenvalue weighted by Crippen LogP contribution is -2.34. The van der Waals surface area contributed by atoms with E-state index in [0.29, 0.717) is 0 Å². The lowest BCUT2D eigenvalue weighted by molar-refractivity contribution is 0.192. The Hall–Kier alpha value is -0.110. The van der Waals surface area contributed by atoms with Crippen LogP contribution in [0, 0.1) is 5.92 Å². The summed E-state index contributed by atoms with van der Waals surface area (Å²) in [7, 11) is 0. The first kappa shape index (κ1) is 8.89. The fourth-order valence-electron chi connectivity index (χ4n) is 0.511. The monoisotopic (exact) mass is 133 g/mol. The summed E-state index contributed by atoms with van der Waals surface area (Å²) < 4.78 is 12.7. The van der Waals surface area contributed by atoms with Crippen LogP contribution in [0.4, 0.5) is 4.39 Å². The summed E-state index contributed by atoms with van der Waals surface area (Å²) in [5, 5.41) is 2.78. The highest BCUT2D eigenvalue weighted by Gasteiger charge is 2.10. The van der Waals surface area contributed by atoms with Gasteiger partial charge in [0.15, 0.2) is 6.30 Å². The number of hydrogen-bond acceptors (Lipinski definition) is 1. The zero-order valence-corrected chi connectivity index (χ0v) is 6.61. The largest absolute Gasteiger partial charge is 0.285 e. The van der Waals surface area contributed by atoms with E-state index in [-0.39, 0.29) is 12.0 Å². The van der Waals surface area contributed by atoms with Crippen molar-refractivity contribution >= 4 is 0 Å². The number of alkyl halides is 1. The highest BCUT2D eigenvalue weighted by Crippen LogP contribution is 2.02. The molecule has 0 aromatic rings. The van der Waals surface area contributed by atoms with Crippen LogP contribution in [0.25, 0.3) is 0 Å². The normalized spacial score (nSPS) is 15.0. The van der Waals surface area contributed by atoms with E-state index in [2.05, 4.69) is 5.32 Å². The van der Waals surface area contributed by atoms with Gasteiger partial charge >= 0.3 is 0 Å². The third-order valence-corrected chi connectivity index (χ3v) is 1.08. The third kappa shape index (κ3) is 4.40. The molecule has 0 aromatic carbocycles. The van der Waals surface area contributed by atoms with E-state index in [9.17, 15) is 4.39 Å². The first-order valence-electron chi connectivity index (χ1n) is 3.44. The second-order valence-electron chi connectivity index (χ2n) is 2.97. The maximum Gasteiger partial charge on any atom is 0.153 e. The van der Waals surface area contributed by atoms with Gasteiger partial charge in [0.25, 0.3) is 0 Å². The molecule has 0 rings (SSSR count). The van der Waals surface area contributed by atoms with Crippen molar-refractivity contribution in [2.24, 2.45) is 5.92 Å². The maximum absolute atomic E-state index is 12.7. The fraction of sp³-hybridized carbons (Fsp3) is 1.00. The molecule has 0 aliphatic carbocycles. The Morgan fingerprint density at radius 2 is 1.56 bits per heavy atom. The smallest absolute Gasteiger partial charge is 0.153 e. The quantitative estimate of drug-likeness (QED) is 0.580. The van der Waals surface area contributed by atoms with E-state index in [1.165, 1.54) is 0 Å². The van der Waals surface area contributed by atoms with Crippen LogP contribution in [-0.2, 0) is 0 Å². The van der Waals surface area contributed by atoms with E-state index in [1.54, 1.807) is 0 Å². The summed E-state index contributed by atoms with van der Waals surface area (Å²) in [6.45, 7) is 7.60. The minimum Gasteiger partial charge on any atom is -0.285 e. The van der Waals surface area contributed by atoms with Crippen LogP contribution in [0.2, 0.25) is 0 Å². The van der Waals surface area contributed by atoms with Crippen molar-refractivity contribution in [3.8, 4) is 0 Å². The lowest BCUT2D eigenvalue weighted by atomic mass is 10.2. The number of hydrogen-bond donors (Lipinski definition) is 1.